The third kappa shape index (κ3) is 3.80. The van der Waals surface area contributed by atoms with E-state index in [1.807, 2.05) is 25.1 Å². The molecule has 1 aliphatic heterocycles. The Morgan fingerprint density at radius 1 is 1.11 bits per heavy atom. The summed E-state index contributed by atoms with van der Waals surface area (Å²) in [4.78, 5) is 24.6. The van der Waals surface area contributed by atoms with Crippen LogP contribution in [0, 0.1) is 12.8 Å². The minimum Gasteiger partial charge on any atom is -0.338 e. The van der Waals surface area contributed by atoms with Crippen LogP contribution in [-0.2, 0) is 6.42 Å². The van der Waals surface area contributed by atoms with Crippen molar-refractivity contribution in [1.29, 1.82) is 0 Å². The third-order valence-corrected chi connectivity index (χ3v) is 5.76. The number of benzene rings is 1. The van der Waals surface area contributed by atoms with E-state index in [1.54, 1.807) is 0 Å². The second-order valence-electron chi connectivity index (χ2n) is 7.83. The zero-order chi connectivity index (χ0) is 18.8. The minimum atomic E-state index is 0.176. The normalized spacial score (nSPS) is 22.9. The molecule has 140 valence electrons. The van der Waals surface area contributed by atoms with E-state index in [0.717, 1.165) is 41.4 Å². The number of allylic oxidation sites excluding steroid dienone is 1. The van der Waals surface area contributed by atoms with Crippen molar-refractivity contribution in [2.75, 3.05) is 11.4 Å². The van der Waals surface area contributed by atoms with Crippen LogP contribution in [0.15, 0.2) is 36.4 Å². The molecular weight excluding hydrogens is 334 g/mol. The highest BCUT2D eigenvalue weighted by atomic mass is 16.1. The number of fused-ring (bicyclic) bond motifs is 1. The van der Waals surface area contributed by atoms with Crippen LogP contribution in [0.5, 0.6) is 0 Å². The number of aryl methyl sites for hydroxylation is 1. The summed E-state index contributed by atoms with van der Waals surface area (Å²) in [5.41, 5.74) is 3.68. The topological polar surface area (TPSA) is 46.1 Å². The van der Waals surface area contributed by atoms with Crippen molar-refractivity contribution in [1.82, 2.24) is 9.97 Å². The van der Waals surface area contributed by atoms with Crippen LogP contribution in [0.1, 0.15) is 59.9 Å². The Hall–Kier alpha value is -2.49. The average molecular weight is 361 g/mol. The van der Waals surface area contributed by atoms with Crippen molar-refractivity contribution < 1.29 is 4.79 Å². The van der Waals surface area contributed by atoms with Gasteiger partial charge in [-0.25, -0.2) is 9.97 Å². The van der Waals surface area contributed by atoms with Crippen molar-refractivity contribution in [2.24, 2.45) is 5.92 Å². The molecule has 1 saturated heterocycles. The molecule has 0 unspecified atom stereocenters. The lowest BCUT2D eigenvalue weighted by atomic mass is 9.84. The molecule has 1 aromatic carbocycles. The molecule has 0 bridgehead atoms. The molecule has 0 saturated carbocycles. The van der Waals surface area contributed by atoms with Crippen LogP contribution in [0.25, 0.3) is 6.08 Å². The standard InChI is InChI=1S/C23H27N3O/c1-16-8-6-7-13-26(16)23-24-17(2)22-20(25-23)14-19(15-21(22)27)12-11-18-9-4-3-5-10-18/h3-5,9-12,16,19H,6-8,13-15H2,1-2H3/b12-11+/t16-,19-/m1/s1. The summed E-state index contributed by atoms with van der Waals surface area (Å²) >= 11 is 0. The Morgan fingerprint density at radius 2 is 1.93 bits per heavy atom. The van der Waals surface area contributed by atoms with E-state index >= 15 is 0 Å². The number of ketones is 1. The molecule has 0 spiro atoms. The van der Waals surface area contributed by atoms with Gasteiger partial charge in [0.2, 0.25) is 5.95 Å². The molecule has 4 nitrogen and oxygen atoms in total. The molecule has 0 N–H and O–H groups in total. The molecule has 2 aliphatic rings. The third-order valence-electron chi connectivity index (χ3n) is 5.76. The number of rotatable bonds is 3. The molecule has 1 aromatic heterocycles. The predicted molar refractivity (Wildman–Crippen MR) is 109 cm³/mol. The number of Topliss-reactive ketones (excluding diaryl/α,β-unsaturated/α-hetero) is 1. The minimum absolute atomic E-state index is 0.176. The molecule has 2 heterocycles. The molecule has 27 heavy (non-hydrogen) atoms. The van der Waals surface area contributed by atoms with E-state index in [1.165, 1.54) is 19.3 Å². The Kier molecular flexibility index (Phi) is 5.06. The van der Waals surface area contributed by atoms with Gasteiger partial charge in [0.1, 0.15) is 0 Å². The summed E-state index contributed by atoms with van der Waals surface area (Å²) in [7, 11) is 0. The van der Waals surface area contributed by atoms with E-state index in [0.29, 0.717) is 12.5 Å². The predicted octanol–water partition coefficient (Wildman–Crippen LogP) is 4.62. The summed E-state index contributed by atoms with van der Waals surface area (Å²) < 4.78 is 0. The fourth-order valence-electron chi connectivity index (χ4n) is 4.26. The molecule has 1 fully saturated rings. The number of anilines is 1. The van der Waals surface area contributed by atoms with E-state index in [9.17, 15) is 4.79 Å². The Balaban J connectivity index is 1.60. The highest BCUT2D eigenvalue weighted by Gasteiger charge is 2.29. The highest BCUT2D eigenvalue weighted by molar-refractivity contribution is 5.99. The first kappa shape index (κ1) is 17.9. The van der Waals surface area contributed by atoms with Gasteiger partial charge in [-0.2, -0.15) is 0 Å². The highest BCUT2D eigenvalue weighted by Crippen LogP contribution is 2.30. The smallest absolute Gasteiger partial charge is 0.226 e. The van der Waals surface area contributed by atoms with Gasteiger partial charge in [-0.15, -0.1) is 0 Å². The van der Waals surface area contributed by atoms with Crippen LogP contribution in [0.2, 0.25) is 0 Å². The summed E-state index contributed by atoms with van der Waals surface area (Å²) in [6.07, 6.45) is 9.27. The lowest BCUT2D eigenvalue weighted by Crippen LogP contribution is -2.39. The number of hydrogen-bond donors (Lipinski definition) is 0. The van der Waals surface area contributed by atoms with Gasteiger partial charge in [-0.3, -0.25) is 4.79 Å². The summed E-state index contributed by atoms with van der Waals surface area (Å²) in [5.74, 6) is 1.18. The van der Waals surface area contributed by atoms with Crippen LogP contribution < -0.4 is 4.90 Å². The molecule has 0 radical (unpaired) electrons. The largest absolute Gasteiger partial charge is 0.338 e. The van der Waals surface area contributed by atoms with Crippen molar-refractivity contribution >= 4 is 17.8 Å². The number of carbonyl (C=O) groups excluding carboxylic acids is 1. The quantitative estimate of drug-likeness (QED) is 0.800. The van der Waals surface area contributed by atoms with Crippen LogP contribution in [-0.4, -0.2) is 28.3 Å². The molecule has 4 rings (SSSR count). The van der Waals surface area contributed by atoms with Gasteiger partial charge in [0.25, 0.3) is 0 Å². The first-order valence-corrected chi connectivity index (χ1v) is 10.0. The Labute approximate surface area is 161 Å². The van der Waals surface area contributed by atoms with E-state index in [4.69, 9.17) is 9.97 Å². The van der Waals surface area contributed by atoms with Gasteiger partial charge in [0.15, 0.2) is 5.78 Å². The molecule has 1 aliphatic carbocycles. The van der Waals surface area contributed by atoms with Gasteiger partial charge in [-0.1, -0.05) is 42.5 Å². The SMILES string of the molecule is Cc1nc(N2CCCC[C@H]2C)nc2c1C(=O)C[C@H](/C=C/c1ccccc1)C2. The maximum absolute atomic E-state index is 12.8. The van der Waals surface area contributed by atoms with Crippen LogP contribution in [0.3, 0.4) is 0 Å². The zero-order valence-electron chi connectivity index (χ0n) is 16.2. The van der Waals surface area contributed by atoms with Gasteiger partial charge in [-0.05, 0) is 51.0 Å². The van der Waals surface area contributed by atoms with Crippen LogP contribution in [0.4, 0.5) is 5.95 Å². The maximum atomic E-state index is 12.8. The van der Waals surface area contributed by atoms with Crippen LogP contribution >= 0.6 is 0 Å². The fourth-order valence-corrected chi connectivity index (χ4v) is 4.26. The molecule has 2 aromatic rings. The summed E-state index contributed by atoms with van der Waals surface area (Å²) in [6.45, 7) is 5.20. The average Bonchev–Trinajstić information content (AvgIpc) is 2.67. The maximum Gasteiger partial charge on any atom is 0.226 e. The van der Waals surface area contributed by atoms with E-state index in [2.05, 4.69) is 36.1 Å². The van der Waals surface area contributed by atoms with Gasteiger partial charge in [0, 0.05) is 19.0 Å². The fraction of sp³-hybridized carbons (Fsp3) is 0.435. The number of aromatic nitrogens is 2. The lowest BCUT2D eigenvalue weighted by Gasteiger charge is -2.34. The molecule has 2 atom stereocenters. The van der Waals surface area contributed by atoms with Crippen molar-refractivity contribution in [2.45, 2.75) is 52.0 Å². The zero-order valence-corrected chi connectivity index (χ0v) is 16.2. The van der Waals surface area contributed by atoms with Crippen molar-refractivity contribution in [3.05, 3.63) is 58.9 Å². The number of piperidine rings is 1. The Morgan fingerprint density at radius 3 is 2.70 bits per heavy atom. The number of hydrogen-bond acceptors (Lipinski definition) is 4. The van der Waals surface area contributed by atoms with Crippen molar-refractivity contribution in [3.8, 4) is 0 Å². The molecule has 0 amide bonds. The summed E-state index contributed by atoms with van der Waals surface area (Å²) in [5, 5.41) is 0. The van der Waals surface area contributed by atoms with Gasteiger partial charge >= 0.3 is 0 Å². The second kappa shape index (κ2) is 7.63. The van der Waals surface area contributed by atoms with Gasteiger partial charge in [0.05, 0.1) is 17.0 Å². The monoisotopic (exact) mass is 361 g/mol. The first-order chi connectivity index (χ1) is 13.1. The Bertz CT molecular complexity index is 859. The van der Waals surface area contributed by atoms with Crippen molar-refractivity contribution in [3.63, 3.8) is 0 Å². The van der Waals surface area contributed by atoms with Gasteiger partial charge < -0.3 is 4.90 Å². The number of carbonyl (C=O) groups is 1. The molecule has 4 heteroatoms. The summed E-state index contributed by atoms with van der Waals surface area (Å²) in [6, 6.07) is 10.7. The second-order valence-corrected chi connectivity index (χ2v) is 7.83. The van der Waals surface area contributed by atoms with E-state index in [-0.39, 0.29) is 11.7 Å². The van der Waals surface area contributed by atoms with E-state index < -0.39 is 0 Å². The first-order valence-electron chi connectivity index (χ1n) is 10.0. The number of nitrogens with zero attached hydrogens (tertiary/aromatic N) is 3. The lowest BCUT2D eigenvalue weighted by molar-refractivity contribution is 0.0956. The molecular formula is C23H27N3O.